The largest absolute Gasteiger partial charge is 0.389 e. The SMILES string of the molecule is CC(=O)CO.CC(=O)CO. The van der Waals surface area contributed by atoms with Gasteiger partial charge < -0.3 is 10.2 Å². The van der Waals surface area contributed by atoms with E-state index in [9.17, 15) is 9.59 Å². The molecule has 0 radical (unpaired) electrons. The summed E-state index contributed by atoms with van der Waals surface area (Å²) in [4.78, 5) is 19.1. The maximum Gasteiger partial charge on any atom is 0.155 e. The Kier molecular flexibility index (Phi) is 9.90. The Hall–Kier alpha value is -0.740. The molecule has 4 nitrogen and oxygen atoms in total. The van der Waals surface area contributed by atoms with E-state index in [1.165, 1.54) is 13.8 Å². The minimum atomic E-state index is -0.333. The number of ketones is 2. The lowest BCUT2D eigenvalue weighted by atomic mass is 10.5. The topological polar surface area (TPSA) is 74.6 Å². The molecule has 0 aromatic heterocycles. The molecular formula is C6H12O4. The molecule has 10 heavy (non-hydrogen) atoms. The third kappa shape index (κ3) is 26.8. The van der Waals surface area contributed by atoms with Crippen molar-refractivity contribution in [1.29, 1.82) is 0 Å². The Morgan fingerprint density at radius 3 is 1.10 bits per heavy atom. The second kappa shape index (κ2) is 8.26. The first-order valence-corrected chi connectivity index (χ1v) is 2.75. The molecule has 4 heteroatoms. The molecule has 0 atom stereocenters. The van der Waals surface area contributed by atoms with E-state index in [0.29, 0.717) is 0 Å². The minimum absolute atomic E-state index is 0.190. The number of rotatable bonds is 2. The van der Waals surface area contributed by atoms with Gasteiger partial charge in [-0.2, -0.15) is 0 Å². The van der Waals surface area contributed by atoms with Crippen LogP contribution in [0.25, 0.3) is 0 Å². The fraction of sp³-hybridized carbons (Fsp3) is 0.667. The monoisotopic (exact) mass is 148 g/mol. The number of hydrogen-bond acceptors (Lipinski definition) is 4. The Morgan fingerprint density at radius 2 is 1.10 bits per heavy atom. The van der Waals surface area contributed by atoms with Crippen molar-refractivity contribution in [3.05, 3.63) is 0 Å². The van der Waals surface area contributed by atoms with Crippen molar-refractivity contribution >= 4 is 11.6 Å². The van der Waals surface area contributed by atoms with Crippen molar-refractivity contribution in [1.82, 2.24) is 0 Å². The van der Waals surface area contributed by atoms with Crippen molar-refractivity contribution in [3.8, 4) is 0 Å². The van der Waals surface area contributed by atoms with Gasteiger partial charge in [-0.25, -0.2) is 0 Å². The lowest BCUT2D eigenvalue weighted by Crippen LogP contribution is -1.93. The summed E-state index contributed by atoms with van der Waals surface area (Å²) in [5, 5.41) is 15.6. The van der Waals surface area contributed by atoms with Crippen LogP contribution in [0.3, 0.4) is 0 Å². The normalized spacial score (nSPS) is 7.60. The van der Waals surface area contributed by atoms with E-state index in [-0.39, 0.29) is 24.8 Å². The number of carbonyl (C=O) groups excluding carboxylic acids is 2. The number of hydrogen-bond donors (Lipinski definition) is 2. The fourth-order valence-electron chi connectivity index (χ4n) is 0. The standard InChI is InChI=1S/2C3H6O2/c2*1-3(5)2-4/h2*4H,2H2,1H3. The summed E-state index contributed by atoms with van der Waals surface area (Å²) in [6.07, 6.45) is 0. The number of aliphatic hydroxyl groups excluding tert-OH is 2. The fourth-order valence-corrected chi connectivity index (χ4v) is 0. The van der Waals surface area contributed by atoms with Gasteiger partial charge in [-0.15, -0.1) is 0 Å². The second-order valence-electron chi connectivity index (χ2n) is 1.72. The number of aliphatic hydroxyl groups is 2. The Bertz CT molecular complexity index is 94.3. The van der Waals surface area contributed by atoms with Crippen LogP contribution in [0.15, 0.2) is 0 Å². The second-order valence-corrected chi connectivity index (χ2v) is 1.72. The molecule has 0 spiro atoms. The number of carbonyl (C=O) groups is 2. The molecule has 0 amide bonds. The van der Waals surface area contributed by atoms with Gasteiger partial charge in [0.1, 0.15) is 13.2 Å². The molecule has 2 N–H and O–H groups in total. The molecule has 0 heterocycles. The van der Waals surface area contributed by atoms with E-state index in [1.807, 2.05) is 0 Å². The Balaban J connectivity index is 0. The van der Waals surface area contributed by atoms with Crippen LogP contribution in [-0.2, 0) is 9.59 Å². The molecule has 0 saturated heterocycles. The molecule has 0 aromatic carbocycles. The molecule has 0 aliphatic rings. The lowest BCUT2D eigenvalue weighted by molar-refractivity contribution is -0.120. The molecule has 0 aromatic rings. The average molecular weight is 148 g/mol. The van der Waals surface area contributed by atoms with E-state index in [1.54, 1.807) is 0 Å². The molecule has 60 valence electrons. The highest BCUT2D eigenvalue weighted by molar-refractivity contribution is 5.76. The summed E-state index contributed by atoms with van der Waals surface area (Å²) in [6, 6.07) is 0. The van der Waals surface area contributed by atoms with Crippen molar-refractivity contribution < 1.29 is 19.8 Å². The first-order chi connectivity index (χ1) is 4.54. The van der Waals surface area contributed by atoms with Gasteiger partial charge in [0.05, 0.1) is 0 Å². The van der Waals surface area contributed by atoms with Crippen molar-refractivity contribution in [2.75, 3.05) is 13.2 Å². The van der Waals surface area contributed by atoms with Crippen LogP contribution in [0.1, 0.15) is 13.8 Å². The highest BCUT2D eigenvalue weighted by atomic mass is 16.3. The van der Waals surface area contributed by atoms with E-state index in [4.69, 9.17) is 10.2 Å². The molecule has 0 saturated carbocycles. The first kappa shape index (κ1) is 12.0. The van der Waals surface area contributed by atoms with Gasteiger partial charge in [-0.05, 0) is 13.8 Å². The summed E-state index contributed by atoms with van der Waals surface area (Å²) >= 11 is 0. The van der Waals surface area contributed by atoms with Crippen molar-refractivity contribution in [2.45, 2.75) is 13.8 Å². The molecule has 0 rings (SSSR count). The number of Topliss-reactive ketones (excluding diaryl/α,β-unsaturated/α-hetero) is 2. The molecule has 0 aliphatic heterocycles. The van der Waals surface area contributed by atoms with Crippen LogP contribution >= 0.6 is 0 Å². The van der Waals surface area contributed by atoms with E-state index < -0.39 is 0 Å². The molecule has 0 unspecified atom stereocenters. The third-order valence-corrected chi connectivity index (χ3v) is 0.445. The summed E-state index contributed by atoms with van der Waals surface area (Å²) in [5.74, 6) is -0.380. The van der Waals surface area contributed by atoms with E-state index >= 15 is 0 Å². The summed E-state index contributed by atoms with van der Waals surface area (Å²) < 4.78 is 0. The van der Waals surface area contributed by atoms with Gasteiger partial charge >= 0.3 is 0 Å². The van der Waals surface area contributed by atoms with E-state index in [0.717, 1.165) is 0 Å². The minimum Gasteiger partial charge on any atom is -0.389 e. The Labute approximate surface area is 59.5 Å². The zero-order chi connectivity index (χ0) is 8.57. The highest BCUT2D eigenvalue weighted by Gasteiger charge is 1.78. The Morgan fingerprint density at radius 1 is 1.00 bits per heavy atom. The van der Waals surface area contributed by atoms with Gasteiger partial charge in [0, 0.05) is 0 Å². The first-order valence-electron chi connectivity index (χ1n) is 2.75. The highest BCUT2D eigenvalue weighted by Crippen LogP contribution is 1.56. The summed E-state index contributed by atoms with van der Waals surface area (Å²) in [6.45, 7) is 2.00. The lowest BCUT2D eigenvalue weighted by Gasteiger charge is -1.72. The van der Waals surface area contributed by atoms with Gasteiger partial charge in [0.25, 0.3) is 0 Å². The third-order valence-electron chi connectivity index (χ3n) is 0.445. The molecule has 0 aliphatic carbocycles. The van der Waals surface area contributed by atoms with Gasteiger partial charge in [-0.3, -0.25) is 9.59 Å². The van der Waals surface area contributed by atoms with Gasteiger partial charge in [0.2, 0.25) is 0 Å². The molecule has 0 fully saturated rings. The predicted octanol–water partition coefficient (Wildman–Crippen LogP) is -0.865. The maximum absolute atomic E-state index is 9.56. The zero-order valence-corrected chi connectivity index (χ0v) is 6.13. The van der Waals surface area contributed by atoms with Crippen LogP contribution in [0.2, 0.25) is 0 Å². The van der Waals surface area contributed by atoms with Gasteiger partial charge in [-0.1, -0.05) is 0 Å². The van der Waals surface area contributed by atoms with Crippen LogP contribution < -0.4 is 0 Å². The van der Waals surface area contributed by atoms with Crippen LogP contribution in [0, 0.1) is 0 Å². The van der Waals surface area contributed by atoms with E-state index in [2.05, 4.69) is 0 Å². The summed E-state index contributed by atoms with van der Waals surface area (Å²) in [5.41, 5.74) is 0. The molecular weight excluding hydrogens is 136 g/mol. The zero-order valence-electron chi connectivity index (χ0n) is 6.13. The summed E-state index contributed by atoms with van der Waals surface area (Å²) in [7, 11) is 0. The van der Waals surface area contributed by atoms with Crippen LogP contribution in [0.4, 0.5) is 0 Å². The van der Waals surface area contributed by atoms with Crippen molar-refractivity contribution in [2.24, 2.45) is 0 Å². The maximum atomic E-state index is 9.56. The van der Waals surface area contributed by atoms with Gasteiger partial charge in [0.15, 0.2) is 11.6 Å². The van der Waals surface area contributed by atoms with Crippen molar-refractivity contribution in [3.63, 3.8) is 0 Å². The molecule has 0 bridgehead atoms. The van der Waals surface area contributed by atoms with Crippen LogP contribution in [0.5, 0.6) is 0 Å². The van der Waals surface area contributed by atoms with Crippen LogP contribution in [-0.4, -0.2) is 35.0 Å². The quantitative estimate of drug-likeness (QED) is 0.534. The average Bonchev–Trinajstić information content (AvgIpc) is 1.89. The predicted molar refractivity (Wildman–Crippen MR) is 35.5 cm³/mol. The smallest absolute Gasteiger partial charge is 0.155 e.